The highest BCUT2D eigenvalue weighted by molar-refractivity contribution is 9.10. The van der Waals surface area contributed by atoms with Crippen molar-refractivity contribution in [2.75, 3.05) is 10.2 Å². The second-order valence-corrected chi connectivity index (χ2v) is 7.41. The van der Waals surface area contributed by atoms with Crippen molar-refractivity contribution in [2.24, 2.45) is 0 Å². The molecule has 0 spiro atoms. The molecule has 0 fully saturated rings. The Morgan fingerprint density at radius 3 is 2.42 bits per heavy atom. The molecule has 0 aromatic heterocycles. The fraction of sp³-hybridized carbons (Fsp3) is 0.136. The Morgan fingerprint density at radius 1 is 0.923 bits per heavy atom. The molecule has 3 aromatic rings. The van der Waals surface area contributed by atoms with Crippen molar-refractivity contribution < 1.29 is 4.79 Å². The third-order valence-corrected chi connectivity index (χ3v) is 5.69. The van der Waals surface area contributed by atoms with E-state index in [9.17, 15) is 4.79 Å². The van der Waals surface area contributed by atoms with Crippen LogP contribution in [0.1, 0.15) is 33.2 Å². The van der Waals surface area contributed by atoms with Gasteiger partial charge < -0.3 is 5.32 Å². The second-order valence-electron chi connectivity index (χ2n) is 6.56. The lowest BCUT2D eigenvalue weighted by Gasteiger charge is -2.28. The summed E-state index contributed by atoms with van der Waals surface area (Å²) in [6.45, 7) is 4.09. The number of carbonyl (C=O) groups excluding carboxylic acids is 1. The first-order chi connectivity index (χ1) is 12.6. The van der Waals surface area contributed by atoms with Crippen LogP contribution in [0.5, 0.6) is 0 Å². The van der Waals surface area contributed by atoms with Crippen molar-refractivity contribution in [1.82, 2.24) is 0 Å². The predicted octanol–water partition coefficient (Wildman–Crippen LogP) is 5.84. The van der Waals surface area contributed by atoms with Gasteiger partial charge in [0.05, 0.1) is 0 Å². The summed E-state index contributed by atoms with van der Waals surface area (Å²) in [5.41, 5.74) is 5.89. The Bertz CT molecular complexity index is 999. The lowest BCUT2D eigenvalue weighted by Crippen LogP contribution is -2.32. The first-order valence-corrected chi connectivity index (χ1v) is 9.36. The standard InChI is InChI=1S/C22H19BrN2O/c1-14-7-3-6-10-20(14)25-21(17-8-4-5-9-18(17)22(25)26)24-16-11-12-19(23)15(2)13-16/h3-13,21,24H,1-2H3/t21-/m0/s1. The maximum absolute atomic E-state index is 13.1. The zero-order valence-electron chi connectivity index (χ0n) is 14.7. The summed E-state index contributed by atoms with van der Waals surface area (Å²) < 4.78 is 1.07. The van der Waals surface area contributed by atoms with E-state index in [1.807, 2.05) is 72.5 Å². The quantitative estimate of drug-likeness (QED) is 0.592. The van der Waals surface area contributed by atoms with Crippen LogP contribution in [0.15, 0.2) is 71.2 Å². The summed E-state index contributed by atoms with van der Waals surface area (Å²) in [5, 5.41) is 3.56. The van der Waals surface area contributed by atoms with Crippen LogP contribution in [-0.4, -0.2) is 5.91 Å². The van der Waals surface area contributed by atoms with Crippen LogP contribution in [0.2, 0.25) is 0 Å². The normalized spacial score (nSPS) is 15.9. The topological polar surface area (TPSA) is 32.3 Å². The lowest BCUT2D eigenvalue weighted by atomic mass is 10.1. The number of benzene rings is 3. The smallest absolute Gasteiger partial charge is 0.260 e. The number of para-hydroxylation sites is 1. The molecule has 4 heteroatoms. The van der Waals surface area contributed by atoms with E-state index in [0.29, 0.717) is 0 Å². The van der Waals surface area contributed by atoms with Crippen LogP contribution in [0.3, 0.4) is 0 Å². The number of hydrogen-bond donors (Lipinski definition) is 1. The van der Waals surface area contributed by atoms with Gasteiger partial charge in [0.2, 0.25) is 0 Å². The molecule has 1 heterocycles. The highest BCUT2D eigenvalue weighted by Gasteiger charge is 2.38. The van der Waals surface area contributed by atoms with E-state index >= 15 is 0 Å². The van der Waals surface area contributed by atoms with Gasteiger partial charge in [-0.3, -0.25) is 9.69 Å². The number of hydrogen-bond acceptors (Lipinski definition) is 2. The number of halogens is 1. The average Bonchev–Trinajstić information content (AvgIpc) is 2.91. The molecule has 0 saturated carbocycles. The molecule has 1 atom stereocenters. The van der Waals surface area contributed by atoms with Crippen molar-refractivity contribution in [3.8, 4) is 0 Å². The van der Waals surface area contributed by atoms with Crippen LogP contribution in [0.4, 0.5) is 11.4 Å². The molecule has 26 heavy (non-hydrogen) atoms. The summed E-state index contributed by atoms with van der Waals surface area (Å²) in [6.07, 6.45) is -0.236. The third-order valence-electron chi connectivity index (χ3n) is 4.80. The maximum atomic E-state index is 13.1. The Kier molecular flexibility index (Phi) is 4.29. The number of aryl methyl sites for hydroxylation is 2. The van der Waals surface area contributed by atoms with Gasteiger partial charge in [0.25, 0.3) is 5.91 Å². The molecule has 0 radical (unpaired) electrons. The van der Waals surface area contributed by atoms with Crippen LogP contribution >= 0.6 is 15.9 Å². The Balaban J connectivity index is 1.81. The van der Waals surface area contributed by atoms with Gasteiger partial charge in [0.15, 0.2) is 0 Å². The first-order valence-electron chi connectivity index (χ1n) is 8.57. The van der Waals surface area contributed by atoms with Crippen molar-refractivity contribution in [1.29, 1.82) is 0 Å². The second kappa shape index (κ2) is 6.61. The first kappa shape index (κ1) is 16.9. The van der Waals surface area contributed by atoms with E-state index in [-0.39, 0.29) is 12.1 Å². The average molecular weight is 407 g/mol. The van der Waals surface area contributed by atoms with Gasteiger partial charge in [-0.1, -0.05) is 52.3 Å². The molecular formula is C22H19BrN2O. The fourth-order valence-corrected chi connectivity index (χ4v) is 3.68. The number of rotatable bonds is 3. The minimum absolute atomic E-state index is 0.0289. The van der Waals surface area contributed by atoms with Crippen molar-refractivity contribution in [2.45, 2.75) is 20.0 Å². The van der Waals surface area contributed by atoms with E-state index in [2.05, 4.69) is 34.2 Å². The molecule has 3 aromatic carbocycles. The van der Waals surface area contributed by atoms with E-state index in [0.717, 1.165) is 38.1 Å². The highest BCUT2D eigenvalue weighted by Crippen LogP contribution is 2.39. The molecule has 1 aliphatic heterocycles. The summed E-state index contributed by atoms with van der Waals surface area (Å²) in [5.74, 6) is 0.0289. The van der Waals surface area contributed by atoms with E-state index in [4.69, 9.17) is 0 Å². The minimum atomic E-state index is -0.236. The lowest BCUT2D eigenvalue weighted by molar-refractivity contribution is 0.0993. The zero-order valence-corrected chi connectivity index (χ0v) is 16.2. The Labute approximate surface area is 161 Å². The third kappa shape index (κ3) is 2.80. The van der Waals surface area contributed by atoms with Gasteiger partial charge in [0.1, 0.15) is 6.17 Å². The van der Waals surface area contributed by atoms with Crippen LogP contribution in [0.25, 0.3) is 0 Å². The number of carbonyl (C=O) groups is 1. The summed E-state index contributed by atoms with van der Waals surface area (Å²) in [4.78, 5) is 15.0. The van der Waals surface area contributed by atoms with Gasteiger partial charge >= 0.3 is 0 Å². The monoisotopic (exact) mass is 406 g/mol. The molecule has 0 bridgehead atoms. The highest BCUT2D eigenvalue weighted by atomic mass is 79.9. The molecule has 0 saturated heterocycles. The van der Waals surface area contributed by atoms with Crippen molar-refractivity contribution in [3.63, 3.8) is 0 Å². The van der Waals surface area contributed by atoms with Crippen LogP contribution in [-0.2, 0) is 0 Å². The van der Waals surface area contributed by atoms with Gasteiger partial charge in [-0.2, -0.15) is 0 Å². The molecule has 1 N–H and O–H groups in total. The molecular weight excluding hydrogens is 388 g/mol. The van der Waals surface area contributed by atoms with E-state index in [1.54, 1.807) is 0 Å². The number of anilines is 2. The summed E-state index contributed by atoms with van der Waals surface area (Å²) in [6, 6.07) is 22.0. The summed E-state index contributed by atoms with van der Waals surface area (Å²) >= 11 is 3.54. The SMILES string of the molecule is Cc1cc(N[C@@H]2c3ccccc3C(=O)N2c2ccccc2C)ccc1Br. The number of nitrogens with zero attached hydrogens (tertiary/aromatic N) is 1. The molecule has 0 unspecified atom stereocenters. The van der Waals surface area contributed by atoms with Gasteiger partial charge in [-0.05, 0) is 55.3 Å². The van der Waals surface area contributed by atoms with E-state index in [1.165, 1.54) is 0 Å². The largest absolute Gasteiger partial charge is 0.361 e. The number of nitrogens with one attached hydrogen (secondary N) is 1. The van der Waals surface area contributed by atoms with E-state index < -0.39 is 0 Å². The molecule has 3 nitrogen and oxygen atoms in total. The molecule has 4 rings (SSSR count). The summed E-state index contributed by atoms with van der Waals surface area (Å²) in [7, 11) is 0. The number of fused-ring (bicyclic) bond motifs is 1. The Hall–Kier alpha value is -2.59. The van der Waals surface area contributed by atoms with Gasteiger partial charge in [-0.15, -0.1) is 0 Å². The van der Waals surface area contributed by atoms with Crippen LogP contribution < -0.4 is 10.2 Å². The molecule has 1 amide bonds. The zero-order chi connectivity index (χ0) is 18.3. The van der Waals surface area contributed by atoms with Gasteiger partial charge in [0, 0.05) is 27.0 Å². The predicted molar refractivity (Wildman–Crippen MR) is 110 cm³/mol. The number of amides is 1. The fourth-order valence-electron chi connectivity index (χ4n) is 3.43. The van der Waals surface area contributed by atoms with Crippen molar-refractivity contribution >= 4 is 33.2 Å². The molecule has 1 aliphatic rings. The maximum Gasteiger partial charge on any atom is 0.260 e. The van der Waals surface area contributed by atoms with Crippen LogP contribution in [0, 0.1) is 13.8 Å². The van der Waals surface area contributed by atoms with Gasteiger partial charge in [-0.25, -0.2) is 0 Å². The molecule has 130 valence electrons. The van der Waals surface area contributed by atoms with Crippen molar-refractivity contribution in [3.05, 3.63) is 93.5 Å². The minimum Gasteiger partial charge on any atom is -0.361 e. The molecule has 0 aliphatic carbocycles. The Morgan fingerprint density at radius 2 is 1.65 bits per heavy atom.